The minimum atomic E-state index is 0.816. The van der Waals surface area contributed by atoms with Crippen molar-refractivity contribution in [2.24, 2.45) is 9.98 Å². The summed E-state index contributed by atoms with van der Waals surface area (Å²) in [5, 5.41) is 8.76. The first-order valence-corrected chi connectivity index (χ1v) is 11.5. The van der Waals surface area contributed by atoms with Crippen LogP contribution in [0.3, 0.4) is 0 Å². The summed E-state index contributed by atoms with van der Waals surface area (Å²) in [7, 11) is 0. The highest BCUT2D eigenvalue weighted by Gasteiger charge is 2.11. The Bertz CT molecular complexity index is 1400. The topological polar surface area (TPSA) is 75.1 Å². The van der Waals surface area contributed by atoms with E-state index in [1.807, 2.05) is 72.9 Å². The molecule has 2 aliphatic rings. The molecule has 2 aromatic carbocycles. The second-order valence-electron chi connectivity index (χ2n) is 8.22. The molecule has 168 valence electrons. The molecular formula is C28H24N4O2. The summed E-state index contributed by atoms with van der Waals surface area (Å²) in [5.41, 5.74) is 3.93. The van der Waals surface area contributed by atoms with Gasteiger partial charge < -0.3 is 19.5 Å². The van der Waals surface area contributed by atoms with E-state index in [1.165, 1.54) is 0 Å². The van der Waals surface area contributed by atoms with Gasteiger partial charge >= 0.3 is 0 Å². The predicted octanol–water partition coefficient (Wildman–Crippen LogP) is 5.16. The van der Waals surface area contributed by atoms with Crippen molar-refractivity contribution in [2.75, 3.05) is 26.2 Å². The van der Waals surface area contributed by atoms with Crippen molar-refractivity contribution in [3.05, 3.63) is 95.5 Å². The van der Waals surface area contributed by atoms with Gasteiger partial charge in [0, 0.05) is 35.0 Å². The third-order valence-corrected chi connectivity index (χ3v) is 5.82. The van der Waals surface area contributed by atoms with E-state index in [0.29, 0.717) is 0 Å². The molecule has 4 aromatic rings. The molecule has 0 aliphatic carbocycles. The fourth-order valence-corrected chi connectivity index (χ4v) is 4.20. The Morgan fingerprint density at radius 2 is 1.12 bits per heavy atom. The van der Waals surface area contributed by atoms with Crippen LogP contribution >= 0.6 is 0 Å². The fraction of sp³-hybridized carbons (Fsp3) is 0.143. The number of fused-ring (bicyclic) bond motifs is 2. The zero-order valence-electron chi connectivity index (χ0n) is 18.6. The van der Waals surface area contributed by atoms with Crippen molar-refractivity contribution in [1.29, 1.82) is 0 Å². The highest BCUT2D eigenvalue weighted by atomic mass is 16.3. The van der Waals surface area contributed by atoms with Crippen LogP contribution in [0.15, 0.2) is 91.7 Å². The van der Waals surface area contributed by atoms with Crippen molar-refractivity contribution in [3.63, 3.8) is 0 Å². The summed E-state index contributed by atoms with van der Waals surface area (Å²) >= 11 is 0. The van der Waals surface area contributed by atoms with Gasteiger partial charge in [-0.1, -0.05) is 24.3 Å². The Morgan fingerprint density at radius 3 is 1.56 bits per heavy atom. The molecule has 2 N–H and O–H groups in total. The van der Waals surface area contributed by atoms with E-state index in [9.17, 15) is 0 Å². The maximum Gasteiger partial charge on any atom is 0.134 e. The van der Waals surface area contributed by atoms with Crippen molar-refractivity contribution < 1.29 is 8.83 Å². The number of nitrogens with zero attached hydrogens (tertiary/aromatic N) is 2. The molecule has 2 aromatic heterocycles. The SMILES string of the molecule is C(=CC=Cc1cc2cc(C3=NCCN3)ccc2o1)C=Cc1cc2cc(C3=NCCN3)ccc2o1. The van der Waals surface area contributed by atoms with E-state index in [0.717, 1.165) is 82.4 Å². The van der Waals surface area contributed by atoms with Gasteiger partial charge in [-0.05, 0) is 60.7 Å². The number of rotatable bonds is 6. The van der Waals surface area contributed by atoms with Crippen molar-refractivity contribution in [2.45, 2.75) is 0 Å². The molecule has 6 rings (SSSR count). The molecule has 6 heteroatoms. The van der Waals surface area contributed by atoms with Crippen LogP contribution in [0.2, 0.25) is 0 Å². The number of hydrogen-bond acceptors (Lipinski definition) is 6. The average molecular weight is 449 g/mol. The molecule has 0 saturated heterocycles. The second kappa shape index (κ2) is 8.90. The maximum absolute atomic E-state index is 5.91. The summed E-state index contributed by atoms with van der Waals surface area (Å²) in [6, 6.07) is 16.4. The molecule has 0 radical (unpaired) electrons. The smallest absolute Gasteiger partial charge is 0.134 e. The number of allylic oxidation sites excluding steroid dienone is 4. The Hall–Kier alpha value is -4.32. The first-order valence-electron chi connectivity index (χ1n) is 11.5. The van der Waals surface area contributed by atoms with E-state index in [1.54, 1.807) is 0 Å². The third-order valence-electron chi connectivity index (χ3n) is 5.82. The lowest BCUT2D eigenvalue weighted by molar-refractivity contribution is 0.604. The van der Waals surface area contributed by atoms with E-state index in [4.69, 9.17) is 8.83 Å². The lowest BCUT2D eigenvalue weighted by Gasteiger charge is -2.01. The molecule has 34 heavy (non-hydrogen) atoms. The highest BCUT2D eigenvalue weighted by molar-refractivity contribution is 6.03. The molecule has 0 spiro atoms. The maximum atomic E-state index is 5.91. The fourth-order valence-electron chi connectivity index (χ4n) is 4.20. The van der Waals surface area contributed by atoms with Crippen LogP contribution in [-0.2, 0) is 0 Å². The second-order valence-corrected chi connectivity index (χ2v) is 8.22. The normalized spacial score (nSPS) is 16.2. The number of amidine groups is 2. The lowest BCUT2D eigenvalue weighted by atomic mass is 10.1. The van der Waals surface area contributed by atoms with Gasteiger partial charge in [0.2, 0.25) is 0 Å². The molecule has 2 aliphatic heterocycles. The number of nitrogens with one attached hydrogen (secondary N) is 2. The quantitative estimate of drug-likeness (QED) is 0.400. The van der Waals surface area contributed by atoms with Gasteiger partial charge in [0.25, 0.3) is 0 Å². The first-order chi connectivity index (χ1) is 16.8. The molecular weight excluding hydrogens is 424 g/mol. The summed E-state index contributed by atoms with van der Waals surface area (Å²) < 4.78 is 11.8. The van der Waals surface area contributed by atoms with Gasteiger partial charge in [0.15, 0.2) is 0 Å². The molecule has 0 fully saturated rings. The molecule has 0 amide bonds. The Balaban J connectivity index is 1.10. The van der Waals surface area contributed by atoms with Crippen LogP contribution in [0.4, 0.5) is 0 Å². The van der Waals surface area contributed by atoms with E-state index < -0.39 is 0 Å². The molecule has 6 nitrogen and oxygen atoms in total. The zero-order chi connectivity index (χ0) is 22.7. The number of hydrogen-bond donors (Lipinski definition) is 2. The third kappa shape index (κ3) is 4.18. The van der Waals surface area contributed by atoms with Crippen LogP contribution in [0.25, 0.3) is 34.1 Å². The predicted molar refractivity (Wildman–Crippen MR) is 138 cm³/mol. The standard InChI is InChI=1S/C28H24N4O2/c1(3-5-23-17-21-15-19(7-9-25(21)33-23)27-29-11-12-30-27)2-4-6-24-18-22-16-20(8-10-26(22)34-24)28-31-13-14-32-28/h1-10,15-18H,11-14H2,(H,29,30)(H,31,32). The van der Waals surface area contributed by atoms with Crippen LogP contribution in [-0.4, -0.2) is 37.9 Å². The van der Waals surface area contributed by atoms with Gasteiger partial charge in [-0.3, -0.25) is 9.98 Å². The van der Waals surface area contributed by atoms with Gasteiger partial charge in [-0.2, -0.15) is 0 Å². The number of benzene rings is 2. The van der Waals surface area contributed by atoms with Crippen LogP contribution in [0.5, 0.6) is 0 Å². The Morgan fingerprint density at radius 1 is 0.618 bits per heavy atom. The van der Waals surface area contributed by atoms with Crippen molar-refractivity contribution in [1.82, 2.24) is 10.6 Å². The number of aliphatic imine (C=N–C) groups is 2. The van der Waals surface area contributed by atoms with Crippen LogP contribution in [0.1, 0.15) is 22.6 Å². The molecule has 0 bridgehead atoms. The van der Waals surface area contributed by atoms with Gasteiger partial charge in [0.05, 0.1) is 13.1 Å². The molecule has 0 atom stereocenters. The van der Waals surface area contributed by atoms with Gasteiger partial charge in [-0.15, -0.1) is 0 Å². The Kier molecular flexibility index (Phi) is 5.32. The first kappa shape index (κ1) is 20.3. The summed E-state index contributed by atoms with van der Waals surface area (Å²) in [6.07, 6.45) is 11.8. The minimum Gasteiger partial charge on any atom is -0.457 e. The minimum absolute atomic E-state index is 0.816. The van der Waals surface area contributed by atoms with E-state index in [2.05, 4.69) is 32.8 Å². The van der Waals surface area contributed by atoms with Gasteiger partial charge in [-0.25, -0.2) is 0 Å². The van der Waals surface area contributed by atoms with E-state index in [-0.39, 0.29) is 0 Å². The lowest BCUT2D eigenvalue weighted by Crippen LogP contribution is -2.19. The Labute approximate surface area is 197 Å². The zero-order valence-corrected chi connectivity index (χ0v) is 18.6. The average Bonchev–Trinajstić information content (AvgIpc) is 3.66. The monoisotopic (exact) mass is 448 g/mol. The van der Waals surface area contributed by atoms with Crippen LogP contribution in [0, 0.1) is 0 Å². The molecule has 0 unspecified atom stereocenters. The molecule has 0 saturated carbocycles. The van der Waals surface area contributed by atoms with E-state index >= 15 is 0 Å². The highest BCUT2D eigenvalue weighted by Crippen LogP contribution is 2.23. The summed E-state index contributed by atoms with van der Waals surface area (Å²) in [5.74, 6) is 3.55. The van der Waals surface area contributed by atoms with Crippen molar-refractivity contribution in [3.8, 4) is 0 Å². The van der Waals surface area contributed by atoms with Crippen LogP contribution < -0.4 is 10.6 Å². The number of furan rings is 2. The van der Waals surface area contributed by atoms with Crippen molar-refractivity contribution >= 4 is 45.8 Å². The summed E-state index contributed by atoms with van der Waals surface area (Å²) in [4.78, 5) is 8.97. The largest absolute Gasteiger partial charge is 0.457 e. The summed E-state index contributed by atoms with van der Waals surface area (Å²) in [6.45, 7) is 3.47. The van der Waals surface area contributed by atoms with Gasteiger partial charge in [0.1, 0.15) is 34.4 Å². The molecule has 4 heterocycles.